The number of amides is 3. The van der Waals surface area contributed by atoms with Crippen LogP contribution in [0.1, 0.15) is 20.8 Å². The quantitative estimate of drug-likeness (QED) is 0.410. The maximum Gasteiger partial charge on any atom is 0.410 e. The second-order valence-corrected chi connectivity index (χ2v) is 10.5. The van der Waals surface area contributed by atoms with Crippen LogP contribution < -0.4 is 20.1 Å². The molecule has 1 saturated heterocycles. The highest BCUT2D eigenvalue weighted by Gasteiger charge is 2.26. The Balaban J connectivity index is 1.35. The smallest absolute Gasteiger partial charge is 0.410 e. The number of piperazine rings is 1. The van der Waals surface area contributed by atoms with E-state index in [1.54, 1.807) is 23.2 Å². The molecule has 4 heterocycles. The van der Waals surface area contributed by atoms with Gasteiger partial charge in [-0.1, -0.05) is 0 Å². The van der Waals surface area contributed by atoms with Crippen LogP contribution in [-0.4, -0.2) is 99.9 Å². The first-order valence-corrected chi connectivity index (χ1v) is 13.3. The van der Waals surface area contributed by atoms with Crippen molar-refractivity contribution in [1.29, 1.82) is 0 Å². The van der Waals surface area contributed by atoms with Crippen molar-refractivity contribution in [2.45, 2.75) is 26.4 Å². The SMILES string of the molecule is COc1ncnc(OC)c1-c1cn(SF)c2nc(NC(=O)NCCN3CCN(C(=O)OC(C)(C)C)CC3)ccc12. The van der Waals surface area contributed by atoms with Gasteiger partial charge in [-0.3, -0.25) is 10.2 Å². The summed E-state index contributed by atoms with van der Waals surface area (Å²) in [6.07, 6.45) is 2.54. The first-order valence-electron chi connectivity index (χ1n) is 12.6. The summed E-state index contributed by atoms with van der Waals surface area (Å²) in [6, 6.07) is 2.90. The van der Waals surface area contributed by atoms with Gasteiger partial charge in [0.25, 0.3) is 0 Å². The van der Waals surface area contributed by atoms with E-state index in [1.165, 1.54) is 24.5 Å². The van der Waals surface area contributed by atoms with Crippen LogP contribution in [0.25, 0.3) is 22.2 Å². The fraction of sp³-hybridized carbons (Fsp3) is 0.480. The predicted octanol–water partition coefficient (Wildman–Crippen LogP) is 3.57. The molecule has 216 valence electrons. The lowest BCUT2D eigenvalue weighted by Gasteiger charge is -2.35. The largest absolute Gasteiger partial charge is 0.480 e. The Bertz CT molecular complexity index is 1330. The van der Waals surface area contributed by atoms with Crippen molar-refractivity contribution in [3.05, 3.63) is 24.7 Å². The second kappa shape index (κ2) is 12.6. The van der Waals surface area contributed by atoms with E-state index in [2.05, 4.69) is 30.5 Å². The van der Waals surface area contributed by atoms with E-state index in [-0.39, 0.29) is 41.7 Å². The number of carbonyl (C=O) groups excluding carboxylic acids is 2. The zero-order chi connectivity index (χ0) is 28.9. The van der Waals surface area contributed by atoms with Gasteiger partial charge >= 0.3 is 12.1 Å². The molecule has 4 rings (SSSR count). The number of hydrogen-bond acceptors (Lipinski definition) is 10. The summed E-state index contributed by atoms with van der Waals surface area (Å²) in [5.74, 6) is 0.782. The molecule has 0 aliphatic carbocycles. The standard InChI is InChI=1S/C25H33FN8O5S/c1-25(2,3)39-24(36)33-12-10-32(11-13-33)9-8-27-23(35)31-18-7-6-16-17(14-34(40-26)20(16)30-18)19-21(37-4)28-15-29-22(19)38-5/h6-7,14-15H,8-13H2,1-5H3,(H2,27,30,31,35). The first kappa shape index (κ1) is 29.1. The molecule has 0 atom stereocenters. The molecule has 3 amide bonds. The highest BCUT2D eigenvalue weighted by molar-refractivity contribution is 7.92. The van der Waals surface area contributed by atoms with Crippen molar-refractivity contribution in [3.8, 4) is 22.9 Å². The molecule has 1 aliphatic rings. The normalized spacial score (nSPS) is 14.2. The third-order valence-corrected chi connectivity index (χ3v) is 6.53. The number of methoxy groups -OCH3 is 2. The number of rotatable bonds is 8. The van der Waals surface area contributed by atoms with Crippen molar-refractivity contribution in [1.82, 2.24) is 34.0 Å². The monoisotopic (exact) mass is 576 g/mol. The molecule has 1 aliphatic heterocycles. The molecule has 0 spiro atoms. The number of carbonyl (C=O) groups is 2. The van der Waals surface area contributed by atoms with Crippen LogP contribution in [0.4, 0.5) is 19.3 Å². The van der Waals surface area contributed by atoms with Gasteiger partial charge in [-0.15, -0.1) is 3.89 Å². The molecule has 0 saturated carbocycles. The minimum absolute atomic E-state index is 0.0322. The van der Waals surface area contributed by atoms with Gasteiger partial charge in [-0.2, -0.15) is 0 Å². The topological polar surface area (TPSA) is 136 Å². The molecule has 0 radical (unpaired) electrons. The molecule has 3 aromatic rings. The molecule has 40 heavy (non-hydrogen) atoms. The van der Waals surface area contributed by atoms with Gasteiger partial charge < -0.3 is 24.4 Å². The van der Waals surface area contributed by atoms with E-state index in [0.717, 1.165) is 0 Å². The van der Waals surface area contributed by atoms with Crippen molar-refractivity contribution in [2.75, 3.05) is 58.8 Å². The van der Waals surface area contributed by atoms with Gasteiger partial charge in [0, 0.05) is 56.4 Å². The zero-order valence-corrected chi connectivity index (χ0v) is 23.9. The van der Waals surface area contributed by atoms with Gasteiger partial charge in [0.2, 0.25) is 11.8 Å². The van der Waals surface area contributed by atoms with E-state index in [1.807, 2.05) is 20.8 Å². The number of hydrogen-bond donors (Lipinski definition) is 2. The van der Waals surface area contributed by atoms with Crippen molar-refractivity contribution in [3.63, 3.8) is 0 Å². The molecule has 2 N–H and O–H groups in total. The first-order chi connectivity index (χ1) is 19.1. The molecular formula is C25H33FN8O5S. The Morgan fingerprint density at radius 1 is 1.07 bits per heavy atom. The second-order valence-electron chi connectivity index (χ2n) is 9.96. The molecule has 13 nitrogen and oxygen atoms in total. The summed E-state index contributed by atoms with van der Waals surface area (Å²) in [7, 11) is 2.94. The lowest BCUT2D eigenvalue weighted by atomic mass is 10.1. The van der Waals surface area contributed by atoms with Gasteiger partial charge in [-0.05, 0) is 32.9 Å². The molecule has 0 bridgehead atoms. The van der Waals surface area contributed by atoms with Crippen LogP contribution in [-0.2, 0) is 4.74 Å². The number of pyridine rings is 1. The zero-order valence-electron chi connectivity index (χ0n) is 23.1. The van der Waals surface area contributed by atoms with Crippen LogP contribution in [0.3, 0.4) is 0 Å². The van der Waals surface area contributed by atoms with Crippen molar-refractivity contribution >= 4 is 41.3 Å². The molecule has 1 fully saturated rings. The van der Waals surface area contributed by atoms with Gasteiger partial charge in [-0.25, -0.2) is 28.5 Å². The molecule has 0 aromatic carbocycles. The minimum atomic E-state index is -0.529. The van der Waals surface area contributed by atoms with Crippen LogP contribution in [0.15, 0.2) is 24.7 Å². The Morgan fingerprint density at radius 2 is 1.75 bits per heavy atom. The molecule has 3 aromatic heterocycles. The number of aromatic nitrogens is 4. The minimum Gasteiger partial charge on any atom is -0.480 e. The highest BCUT2D eigenvalue weighted by Crippen LogP contribution is 2.41. The number of nitrogens with one attached hydrogen (secondary N) is 2. The van der Waals surface area contributed by atoms with Gasteiger partial charge in [0.1, 0.15) is 23.3 Å². The van der Waals surface area contributed by atoms with Crippen LogP contribution >= 0.6 is 12.3 Å². The van der Waals surface area contributed by atoms with Crippen molar-refractivity contribution < 1.29 is 27.7 Å². The average molecular weight is 577 g/mol. The van der Waals surface area contributed by atoms with Gasteiger partial charge in [0.05, 0.1) is 14.2 Å². The van der Waals surface area contributed by atoms with Gasteiger partial charge in [0.15, 0.2) is 18.0 Å². The number of urea groups is 1. The van der Waals surface area contributed by atoms with E-state index >= 15 is 0 Å². The maximum absolute atomic E-state index is 13.8. The molecular weight excluding hydrogens is 543 g/mol. The van der Waals surface area contributed by atoms with Crippen molar-refractivity contribution in [2.24, 2.45) is 0 Å². The van der Waals surface area contributed by atoms with E-state index in [9.17, 15) is 13.5 Å². The lowest BCUT2D eigenvalue weighted by Crippen LogP contribution is -2.51. The fourth-order valence-electron chi connectivity index (χ4n) is 4.26. The van der Waals surface area contributed by atoms with E-state index in [4.69, 9.17) is 14.2 Å². The Labute approximate surface area is 235 Å². The third-order valence-electron chi connectivity index (χ3n) is 6.11. The Kier molecular flexibility index (Phi) is 9.14. The summed E-state index contributed by atoms with van der Waals surface area (Å²) in [5, 5.41) is 6.09. The van der Waals surface area contributed by atoms with E-state index in [0.29, 0.717) is 55.8 Å². The summed E-state index contributed by atoms with van der Waals surface area (Å²) in [6.45, 7) is 9.04. The average Bonchev–Trinajstić information content (AvgIpc) is 3.29. The number of ether oxygens (including phenoxy) is 3. The van der Waals surface area contributed by atoms with Crippen LogP contribution in [0.5, 0.6) is 11.8 Å². The lowest BCUT2D eigenvalue weighted by molar-refractivity contribution is 0.0147. The number of nitrogens with zero attached hydrogens (tertiary/aromatic N) is 6. The third kappa shape index (κ3) is 6.83. The predicted molar refractivity (Wildman–Crippen MR) is 149 cm³/mol. The summed E-state index contributed by atoms with van der Waals surface area (Å²) in [5.41, 5.74) is 0.775. The maximum atomic E-state index is 13.8. The summed E-state index contributed by atoms with van der Waals surface area (Å²) < 4.78 is 31.2. The number of fused-ring (bicyclic) bond motifs is 1. The Hall–Kier alpha value is -3.85. The summed E-state index contributed by atoms with van der Waals surface area (Å²) >= 11 is -0.0322. The fourth-order valence-corrected chi connectivity index (χ4v) is 4.61. The van der Waals surface area contributed by atoms with E-state index < -0.39 is 11.6 Å². The van der Waals surface area contributed by atoms with Crippen LogP contribution in [0, 0.1) is 0 Å². The summed E-state index contributed by atoms with van der Waals surface area (Å²) in [4.78, 5) is 41.3. The molecule has 15 heteroatoms. The molecule has 0 unspecified atom stereocenters. The highest BCUT2D eigenvalue weighted by atomic mass is 32.2. The number of anilines is 1. The van der Waals surface area contributed by atoms with Crippen LogP contribution in [0.2, 0.25) is 0 Å². The number of halogens is 1. The Morgan fingerprint density at radius 3 is 2.35 bits per heavy atom.